The number of anilines is 1. The van der Waals surface area contributed by atoms with Crippen LogP contribution in [0.4, 0.5) is 10.6 Å². The topological polar surface area (TPSA) is 87.5 Å². The molecule has 0 spiro atoms. The number of piperazine rings is 1. The van der Waals surface area contributed by atoms with Crippen LogP contribution in [0.1, 0.15) is 26.3 Å². The number of thioether (sulfide) groups is 1. The maximum Gasteiger partial charge on any atom is 0.409 e. The SMILES string of the molecule is CCOC(=O)N1CCN(c2nc3ccccn3c(=O)c2/C=C2/SC(=S)N(C(C)C)C2=O)CC1. The first-order valence-corrected chi connectivity index (χ1v) is 12.0. The Morgan fingerprint density at radius 1 is 1.24 bits per heavy atom. The van der Waals surface area contributed by atoms with E-state index in [1.54, 1.807) is 41.1 Å². The van der Waals surface area contributed by atoms with Gasteiger partial charge in [-0.1, -0.05) is 30.0 Å². The van der Waals surface area contributed by atoms with Crippen LogP contribution < -0.4 is 10.5 Å². The molecule has 2 fully saturated rings. The fourth-order valence-electron chi connectivity index (χ4n) is 3.83. The number of ether oxygens (including phenoxy) is 1. The zero-order valence-corrected chi connectivity index (χ0v) is 20.3. The van der Waals surface area contributed by atoms with Crippen molar-refractivity contribution in [3.8, 4) is 0 Å². The van der Waals surface area contributed by atoms with Crippen LogP contribution in [0.3, 0.4) is 0 Å². The van der Waals surface area contributed by atoms with Crippen molar-refractivity contribution in [3.05, 3.63) is 45.2 Å². The Morgan fingerprint density at radius 3 is 2.61 bits per heavy atom. The van der Waals surface area contributed by atoms with Crippen molar-refractivity contribution in [2.45, 2.75) is 26.8 Å². The highest BCUT2D eigenvalue weighted by Crippen LogP contribution is 2.34. The molecule has 2 amide bonds. The number of nitrogens with zero attached hydrogens (tertiary/aromatic N) is 5. The zero-order chi connectivity index (χ0) is 23.7. The standard InChI is InChI=1S/C22H25N5O4S2/c1-4-31-21(30)25-11-9-24(10-12-25)18-15(19(28)26-8-6-5-7-17(26)23-18)13-16-20(29)27(14(2)3)22(32)33-16/h5-8,13-14H,4,9-12H2,1-3H3/b16-13+. The van der Waals surface area contributed by atoms with Gasteiger partial charge in [-0.25, -0.2) is 9.78 Å². The second kappa shape index (κ2) is 9.52. The molecule has 0 N–H and O–H groups in total. The second-order valence-electron chi connectivity index (χ2n) is 7.90. The van der Waals surface area contributed by atoms with E-state index in [1.807, 2.05) is 24.8 Å². The summed E-state index contributed by atoms with van der Waals surface area (Å²) in [6, 6.07) is 5.27. The first-order chi connectivity index (χ1) is 15.8. The Kier molecular flexibility index (Phi) is 6.71. The number of rotatable bonds is 4. The van der Waals surface area contributed by atoms with Crippen LogP contribution in [-0.2, 0) is 9.53 Å². The average molecular weight is 488 g/mol. The van der Waals surface area contributed by atoms with Gasteiger partial charge in [-0.2, -0.15) is 0 Å². The van der Waals surface area contributed by atoms with Crippen LogP contribution in [-0.4, -0.2) is 74.3 Å². The molecule has 0 atom stereocenters. The third-order valence-electron chi connectivity index (χ3n) is 5.47. The number of fused-ring (bicyclic) bond motifs is 1. The lowest BCUT2D eigenvalue weighted by atomic mass is 10.2. The van der Waals surface area contributed by atoms with Crippen LogP contribution in [0.2, 0.25) is 0 Å². The second-order valence-corrected chi connectivity index (χ2v) is 9.58. The quantitative estimate of drug-likeness (QED) is 0.481. The van der Waals surface area contributed by atoms with Gasteiger partial charge in [0.25, 0.3) is 11.5 Å². The summed E-state index contributed by atoms with van der Waals surface area (Å²) in [4.78, 5) is 48.8. The summed E-state index contributed by atoms with van der Waals surface area (Å²) < 4.78 is 7.03. The van der Waals surface area contributed by atoms with Gasteiger partial charge in [0, 0.05) is 38.4 Å². The van der Waals surface area contributed by atoms with Crippen molar-refractivity contribution in [2.75, 3.05) is 37.7 Å². The molecule has 11 heteroatoms. The van der Waals surface area contributed by atoms with E-state index >= 15 is 0 Å². The summed E-state index contributed by atoms with van der Waals surface area (Å²) in [5.41, 5.74) is 0.572. The maximum atomic E-state index is 13.4. The summed E-state index contributed by atoms with van der Waals surface area (Å²) in [6.45, 7) is 7.76. The summed E-state index contributed by atoms with van der Waals surface area (Å²) in [7, 11) is 0. The molecular formula is C22H25N5O4S2. The van der Waals surface area contributed by atoms with Crippen LogP contribution in [0, 0.1) is 0 Å². The van der Waals surface area contributed by atoms with E-state index in [-0.39, 0.29) is 23.6 Å². The molecular weight excluding hydrogens is 462 g/mol. The van der Waals surface area contributed by atoms with Crippen molar-refractivity contribution >= 4 is 57.8 Å². The normalized spacial score (nSPS) is 18.2. The third-order valence-corrected chi connectivity index (χ3v) is 6.80. The van der Waals surface area contributed by atoms with E-state index in [0.29, 0.717) is 59.0 Å². The largest absolute Gasteiger partial charge is 0.450 e. The van der Waals surface area contributed by atoms with Crippen molar-refractivity contribution in [2.24, 2.45) is 0 Å². The Hall–Kier alpha value is -2.92. The van der Waals surface area contributed by atoms with Crippen molar-refractivity contribution in [1.29, 1.82) is 0 Å². The molecule has 9 nitrogen and oxygen atoms in total. The molecule has 2 aliphatic heterocycles. The fraction of sp³-hybridized carbons (Fsp3) is 0.409. The molecule has 0 bridgehead atoms. The smallest absolute Gasteiger partial charge is 0.409 e. The van der Waals surface area contributed by atoms with Gasteiger partial charge >= 0.3 is 6.09 Å². The molecule has 0 aromatic carbocycles. The van der Waals surface area contributed by atoms with Crippen molar-refractivity contribution in [1.82, 2.24) is 19.2 Å². The minimum absolute atomic E-state index is 0.0744. The molecule has 174 valence electrons. The number of hydrogen-bond donors (Lipinski definition) is 0. The summed E-state index contributed by atoms with van der Waals surface area (Å²) in [5.74, 6) is 0.278. The zero-order valence-electron chi connectivity index (χ0n) is 18.7. The summed E-state index contributed by atoms with van der Waals surface area (Å²) in [6.07, 6.45) is 2.91. The van der Waals surface area contributed by atoms with Crippen LogP contribution in [0.25, 0.3) is 11.7 Å². The molecule has 0 unspecified atom stereocenters. The first kappa shape index (κ1) is 23.2. The molecule has 2 saturated heterocycles. The van der Waals surface area contributed by atoms with Gasteiger partial charge in [0.05, 0.1) is 17.1 Å². The molecule has 2 aliphatic rings. The van der Waals surface area contributed by atoms with Crippen LogP contribution >= 0.6 is 24.0 Å². The lowest BCUT2D eigenvalue weighted by Gasteiger charge is -2.35. The predicted molar refractivity (Wildman–Crippen MR) is 132 cm³/mol. The highest BCUT2D eigenvalue weighted by atomic mass is 32.2. The van der Waals surface area contributed by atoms with Crippen LogP contribution in [0.15, 0.2) is 34.1 Å². The lowest BCUT2D eigenvalue weighted by molar-refractivity contribution is -0.123. The molecule has 4 heterocycles. The number of carbonyl (C=O) groups is 2. The summed E-state index contributed by atoms with van der Waals surface area (Å²) in [5, 5.41) is 0. The number of hydrogen-bond acceptors (Lipinski definition) is 8. The van der Waals surface area contributed by atoms with Gasteiger partial charge in [0.1, 0.15) is 15.8 Å². The minimum atomic E-state index is -0.346. The van der Waals surface area contributed by atoms with Gasteiger partial charge in [0.2, 0.25) is 0 Å². The highest BCUT2D eigenvalue weighted by molar-refractivity contribution is 8.26. The van der Waals surface area contributed by atoms with Gasteiger partial charge in [-0.15, -0.1) is 0 Å². The number of amides is 2. The van der Waals surface area contributed by atoms with Crippen molar-refractivity contribution < 1.29 is 14.3 Å². The van der Waals surface area contributed by atoms with Gasteiger partial charge in [-0.3, -0.25) is 18.9 Å². The number of pyridine rings is 1. The highest BCUT2D eigenvalue weighted by Gasteiger charge is 2.35. The predicted octanol–water partition coefficient (Wildman–Crippen LogP) is 2.58. The monoisotopic (exact) mass is 487 g/mol. The Morgan fingerprint density at radius 2 is 1.97 bits per heavy atom. The maximum absolute atomic E-state index is 13.4. The van der Waals surface area contributed by atoms with Gasteiger partial charge < -0.3 is 14.5 Å². The van der Waals surface area contributed by atoms with E-state index in [2.05, 4.69) is 0 Å². The van der Waals surface area contributed by atoms with Crippen molar-refractivity contribution in [3.63, 3.8) is 0 Å². The minimum Gasteiger partial charge on any atom is -0.450 e. The Labute approximate surface area is 201 Å². The average Bonchev–Trinajstić information content (AvgIpc) is 3.08. The van der Waals surface area contributed by atoms with Gasteiger partial charge in [-0.05, 0) is 39.0 Å². The van der Waals surface area contributed by atoms with Gasteiger partial charge in [0.15, 0.2) is 0 Å². The fourth-order valence-corrected chi connectivity index (χ4v) is 5.34. The molecule has 0 radical (unpaired) electrons. The number of carbonyl (C=O) groups excluding carboxylic acids is 2. The first-order valence-electron chi connectivity index (χ1n) is 10.8. The molecule has 2 aromatic heterocycles. The third kappa shape index (κ3) is 4.47. The Balaban J connectivity index is 1.74. The molecule has 0 saturated carbocycles. The van der Waals surface area contributed by atoms with E-state index in [9.17, 15) is 14.4 Å². The number of thiocarbonyl (C=S) groups is 1. The summed E-state index contributed by atoms with van der Waals surface area (Å²) >= 11 is 6.57. The Bertz CT molecular complexity index is 1200. The van der Waals surface area contributed by atoms with E-state index in [1.165, 1.54) is 16.2 Å². The molecule has 2 aromatic rings. The molecule has 0 aliphatic carbocycles. The van der Waals surface area contributed by atoms with E-state index in [0.717, 1.165) is 0 Å². The lowest BCUT2D eigenvalue weighted by Crippen LogP contribution is -2.49. The number of aromatic nitrogens is 2. The van der Waals surface area contributed by atoms with E-state index < -0.39 is 0 Å². The van der Waals surface area contributed by atoms with Crippen LogP contribution in [0.5, 0.6) is 0 Å². The molecule has 4 rings (SSSR count). The molecule has 33 heavy (non-hydrogen) atoms. The van der Waals surface area contributed by atoms with E-state index in [4.69, 9.17) is 21.9 Å².